The Balaban J connectivity index is 1.90. The average Bonchev–Trinajstić information content (AvgIpc) is 2.62. The molecule has 1 aromatic heterocycles. The van der Waals surface area contributed by atoms with Gasteiger partial charge in [-0.15, -0.1) is 0 Å². The zero-order valence-electron chi connectivity index (χ0n) is 13.8. The van der Waals surface area contributed by atoms with Gasteiger partial charge in [-0.05, 0) is 35.9 Å². The normalized spacial score (nSPS) is 18.7. The van der Waals surface area contributed by atoms with Crippen LogP contribution in [0.4, 0.5) is 5.69 Å². The Hall–Kier alpha value is -2.29. The summed E-state index contributed by atoms with van der Waals surface area (Å²) < 4.78 is 27.7. The van der Waals surface area contributed by atoms with E-state index in [-0.39, 0.29) is 16.8 Å². The van der Waals surface area contributed by atoms with Gasteiger partial charge >= 0.3 is 0 Å². The minimum absolute atomic E-state index is 0.200. The van der Waals surface area contributed by atoms with Crippen molar-refractivity contribution < 1.29 is 13.2 Å². The molecule has 2 N–H and O–H groups in total. The molecule has 7 nitrogen and oxygen atoms in total. The third kappa shape index (κ3) is 3.87. The molecule has 1 saturated heterocycles. The summed E-state index contributed by atoms with van der Waals surface area (Å²) >= 11 is 0. The molecule has 2 aromatic rings. The van der Waals surface area contributed by atoms with Crippen molar-refractivity contribution in [3.63, 3.8) is 0 Å². The summed E-state index contributed by atoms with van der Waals surface area (Å²) in [7, 11) is -3.65. The van der Waals surface area contributed by atoms with Gasteiger partial charge in [0.2, 0.25) is 15.9 Å². The Bertz CT molecular complexity index is 838. The van der Waals surface area contributed by atoms with E-state index in [1.807, 2.05) is 6.07 Å². The molecule has 1 atom stereocenters. The van der Waals surface area contributed by atoms with E-state index in [1.165, 1.54) is 23.4 Å². The maximum absolute atomic E-state index is 13.1. The number of sulfonamides is 1. The number of anilines is 1. The highest BCUT2D eigenvalue weighted by atomic mass is 32.2. The maximum atomic E-state index is 13.1. The molecule has 25 heavy (non-hydrogen) atoms. The van der Waals surface area contributed by atoms with Gasteiger partial charge < -0.3 is 10.6 Å². The smallest absolute Gasteiger partial charge is 0.243 e. The molecule has 1 aliphatic heterocycles. The number of rotatable bonds is 4. The summed E-state index contributed by atoms with van der Waals surface area (Å²) in [5.74, 6) is -0.200. The third-order valence-electron chi connectivity index (χ3n) is 4.04. The minimum Gasteiger partial charge on any atom is -0.326 e. The Morgan fingerprint density at radius 1 is 1.28 bits per heavy atom. The van der Waals surface area contributed by atoms with Crippen LogP contribution in [0.3, 0.4) is 0 Å². The lowest BCUT2D eigenvalue weighted by atomic mass is 10.1. The Morgan fingerprint density at radius 3 is 2.68 bits per heavy atom. The van der Waals surface area contributed by atoms with Crippen molar-refractivity contribution in [2.75, 3.05) is 25.0 Å². The fourth-order valence-corrected chi connectivity index (χ4v) is 4.49. The number of nitrogens with one attached hydrogen (secondary N) is 2. The maximum Gasteiger partial charge on any atom is 0.243 e. The highest BCUT2D eigenvalue weighted by Crippen LogP contribution is 2.29. The lowest BCUT2D eigenvalue weighted by Crippen LogP contribution is -2.48. The van der Waals surface area contributed by atoms with Crippen LogP contribution in [0.25, 0.3) is 0 Å². The minimum atomic E-state index is -3.65. The van der Waals surface area contributed by atoms with E-state index in [4.69, 9.17) is 0 Å². The zero-order chi connectivity index (χ0) is 17.9. The van der Waals surface area contributed by atoms with Crippen molar-refractivity contribution in [1.82, 2.24) is 14.6 Å². The topological polar surface area (TPSA) is 91.4 Å². The Kier molecular flexibility index (Phi) is 5.12. The molecule has 0 saturated carbocycles. The fraction of sp³-hybridized carbons (Fsp3) is 0.294. The molecule has 132 valence electrons. The summed E-state index contributed by atoms with van der Waals surface area (Å²) in [6.45, 7) is 2.92. The van der Waals surface area contributed by atoms with Crippen LogP contribution in [0.1, 0.15) is 18.5 Å². The van der Waals surface area contributed by atoms with E-state index in [0.717, 1.165) is 5.56 Å². The van der Waals surface area contributed by atoms with E-state index in [0.29, 0.717) is 25.3 Å². The van der Waals surface area contributed by atoms with Gasteiger partial charge in [-0.2, -0.15) is 4.31 Å². The summed E-state index contributed by atoms with van der Waals surface area (Å²) in [6, 6.07) is 9.60. The predicted octanol–water partition coefficient (Wildman–Crippen LogP) is 1.38. The van der Waals surface area contributed by atoms with Crippen LogP contribution in [0.5, 0.6) is 0 Å². The number of aromatic nitrogens is 1. The van der Waals surface area contributed by atoms with Crippen LogP contribution in [0, 0.1) is 0 Å². The lowest BCUT2D eigenvalue weighted by molar-refractivity contribution is -0.114. The number of piperazine rings is 1. The standard InChI is InChI=1S/C17H20N4O3S/c1-13(22)20-15-4-6-16(7-5-15)25(23,24)21-10-9-19-12-17(21)14-3-2-8-18-11-14/h2-8,11,17,19H,9-10,12H2,1H3,(H,20,22). The van der Waals surface area contributed by atoms with E-state index in [1.54, 1.807) is 30.6 Å². The number of carbonyl (C=O) groups is 1. The monoisotopic (exact) mass is 360 g/mol. The van der Waals surface area contributed by atoms with Crippen molar-refractivity contribution in [2.45, 2.75) is 17.9 Å². The first kappa shape index (κ1) is 17.5. The third-order valence-corrected chi connectivity index (χ3v) is 5.97. The number of nitrogens with zero attached hydrogens (tertiary/aromatic N) is 2. The van der Waals surface area contributed by atoms with Crippen molar-refractivity contribution in [2.24, 2.45) is 0 Å². The molecule has 1 unspecified atom stereocenters. The van der Waals surface area contributed by atoms with E-state index in [2.05, 4.69) is 15.6 Å². The number of benzene rings is 1. The number of hydrogen-bond acceptors (Lipinski definition) is 5. The highest BCUT2D eigenvalue weighted by Gasteiger charge is 2.34. The van der Waals surface area contributed by atoms with Crippen LogP contribution in [-0.4, -0.2) is 43.2 Å². The van der Waals surface area contributed by atoms with Crippen LogP contribution < -0.4 is 10.6 Å². The van der Waals surface area contributed by atoms with Gasteiger partial charge in [-0.3, -0.25) is 9.78 Å². The fourth-order valence-electron chi connectivity index (χ4n) is 2.88. The van der Waals surface area contributed by atoms with Gasteiger partial charge in [-0.25, -0.2) is 8.42 Å². The van der Waals surface area contributed by atoms with Gasteiger partial charge in [0, 0.05) is 44.6 Å². The Labute approximate surface area is 147 Å². The van der Waals surface area contributed by atoms with Crippen molar-refractivity contribution >= 4 is 21.6 Å². The molecule has 0 radical (unpaired) electrons. The molecule has 8 heteroatoms. The average molecular weight is 360 g/mol. The van der Waals surface area contributed by atoms with Crippen molar-refractivity contribution in [1.29, 1.82) is 0 Å². The van der Waals surface area contributed by atoms with Crippen LogP contribution in [-0.2, 0) is 14.8 Å². The van der Waals surface area contributed by atoms with Crippen LogP contribution >= 0.6 is 0 Å². The second kappa shape index (κ2) is 7.30. The Morgan fingerprint density at radius 2 is 2.04 bits per heavy atom. The molecule has 0 aliphatic carbocycles. The summed E-state index contributed by atoms with van der Waals surface area (Å²) in [6.07, 6.45) is 3.36. The first-order chi connectivity index (χ1) is 12.0. The predicted molar refractivity (Wildman–Crippen MR) is 94.5 cm³/mol. The zero-order valence-corrected chi connectivity index (χ0v) is 14.7. The SMILES string of the molecule is CC(=O)Nc1ccc(S(=O)(=O)N2CCNCC2c2cccnc2)cc1. The number of pyridine rings is 1. The van der Waals surface area contributed by atoms with Gasteiger partial charge in [0.15, 0.2) is 0 Å². The second-order valence-corrected chi connectivity index (χ2v) is 7.72. The van der Waals surface area contributed by atoms with E-state index < -0.39 is 10.0 Å². The van der Waals surface area contributed by atoms with Gasteiger partial charge in [0.1, 0.15) is 0 Å². The van der Waals surface area contributed by atoms with E-state index >= 15 is 0 Å². The molecule has 0 bridgehead atoms. The van der Waals surface area contributed by atoms with Gasteiger partial charge in [0.05, 0.1) is 10.9 Å². The summed E-state index contributed by atoms with van der Waals surface area (Å²) in [4.78, 5) is 15.4. The molecule has 1 amide bonds. The quantitative estimate of drug-likeness (QED) is 0.859. The largest absolute Gasteiger partial charge is 0.326 e. The van der Waals surface area contributed by atoms with Crippen molar-refractivity contribution in [3.8, 4) is 0 Å². The van der Waals surface area contributed by atoms with E-state index in [9.17, 15) is 13.2 Å². The van der Waals surface area contributed by atoms with Crippen LogP contribution in [0.2, 0.25) is 0 Å². The second-order valence-electron chi connectivity index (χ2n) is 5.83. The number of amides is 1. The highest BCUT2D eigenvalue weighted by molar-refractivity contribution is 7.89. The number of hydrogen-bond donors (Lipinski definition) is 2. The molecular formula is C17H20N4O3S. The summed E-state index contributed by atoms with van der Waals surface area (Å²) in [5.41, 5.74) is 1.42. The molecule has 1 aromatic carbocycles. The molecule has 2 heterocycles. The van der Waals surface area contributed by atoms with Gasteiger partial charge in [0.25, 0.3) is 0 Å². The molecule has 1 fully saturated rings. The van der Waals surface area contributed by atoms with Crippen LogP contribution in [0.15, 0.2) is 53.7 Å². The molecular weight excluding hydrogens is 340 g/mol. The molecule has 3 rings (SSSR count). The van der Waals surface area contributed by atoms with Crippen molar-refractivity contribution in [3.05, 3.63) is 54.4 Å². The lowest BCUT2D eigenvalue weighted by Gasteiger charge is -2.35. The first-order valence-corrected chi connectivity index (χ1v) is 9.42. The molecule has 1 aliphatic rings. The number of carbonyl (C=O) groups excluding carboxylic acids is 1. The van der Waals surface area contributed by atoms with Gasteiger partial charge in [-0.1, -0.05) is 6.07 Å². The molecule has 0 spiro atoms. The summed E-state index contributed by atoms with van der Waals surface area (Å²) in [5, 5.41) is 5.87. The first-order valence-electron chi connectivity index (χ1n) is 7.98.